The molecule has 8 nitrogen and oxygen atoms in total. The standard InChI is InChI=1S/C21H22N6O2/c1-24-13-2-4-14(5-3-13)26-16-8-19(21(26)29)25(10-16)11-17(23)20(28)27-15(9-22)6-12-7-18(12)27/h2-5,12,15-19H,6-8,10-11,23H2/t12-,15+,16?,17+,18+,19+/m1/s1. The number of fused-ring (bicyclic) bond motifs is 3. The summed E-state index contributed by atoms with van der Waals surface area (Å²) in [5, 5.41) is 9.32. The molecule has 5 rings (SSSR count). The van der Waals surface area contributed by atoms with Crippen molar-refractivity contribution in [1.29, 1.82) is 5.26 Å². The third kappa shape index (κ3) is 2.79. The monoisotopic (exact) mass is 390 g/mol. The van der Waals surface area contributed by atoms with Gasteiger partial charge >= 0.3 is 0 Å². The second-order valence-electron chi connectivity index (χ2n) is 8.49. The van der Waals surface area contributed by atoms with E-state index in [1.54, 1.807) is 17.0 Å². The molecular formula is C21H22N6O2. The maximum atomic E-state index is 12.9. The van der Waals surface area contributed by atoms with Gasteiger partial charge in [-0.05, 0) is 37.3 Å². The summed E-state index contributed by atoms with van der Waals surface area (Å²) in [5.74, 6) is 0.320. The average molecular weight is 390 g/mol. The van der Waals surface area contributed by atoms with Crippen LogP contribution in [0.4, 0.5) is 11.4 Å². The number of anilines is 1. The van der Waals surface area contributed by atoms with Crippen LogP contribution in [0.2, 0.25) is 0 Å². The lowest BCUT2D eigenvalue weighted by Crippen LogP contribution is -2.57. The second-order valence-corrected chi connectivity index (χ2v) is 8.49. The van der Waals surface area contributed by atoms with Gasteiger partial charge in [0.05, 0.1) is 30.8 Å². The van der Waals surface area contributed by atoms with Crippen LogP contribution < -0.4 is 10.6 Å². The summed E-state index contributed by atoms with van der Waals surface area (Å²) in [5.41, 5.74) is 7.59. The molecule has 3 heterocycles. The van der Waals surface area contributed by atoms with Crippen LogP contribution in [0.3, 0.4) is 0 Å². The molecule has 1 unspecified atom stereocenters. The maximum absolute atomic E-state index is 12.9. The van der Waals surface area contributed by atoms with Crippen molar-refractivity contribution in [2.75, 3.05) is 18.0 Å². The number of carbonyl (C=O) groups is 2. The minimum Gasteiger partial charge on any atom is -0.322 e. The van der Waals surface area contributed by atoms with Crippen LogP contribution in [0.25, 0.3) is 4.85 Å². The van der Waals surface area contributed by atoms with E-state index in [-0.39, 0.29) is 36.0 Å². The van der Waals surface area contributed by atoms with Crippen LogP contribution in [0.1, 0.15) is 19.3 Å². The van der Waals surface area contributed by atoms with Gasteiger partial charge in [-0.1, -0.05) is 12.1 Å². The van der Waals surface area contributed by atoms with Gasteiger partial charge in [0.2, 0.25) is 11.8 Å². The van der Waals surface area contributed by atoms with Crippen LogP contribution in [0.15, 0.2) is 24.3 Å². The van der Waals surface area contributed by atoms with Crippen molar-refractivity contribution in [3.8, 4) is 6.07 Å². The van der Waals surface area contributed by atoms with Crippen LogP contribution >= 0.6 is 0 Å². The van der Waals surface area contributed by atoms with Gasteiger partial charge in [0.25, 0.3) is 0 Å². The second kappa shape index (κ2) is 6.55. The number of hydrogen-bond donors (Lipinski definition) is 1. The summed E-state index contributed by atoms with van der Waals surface area (Å²) in [6, 6.07) is 8.20. The number of nitriles is 1. The molecule has 29 heavy (non-hydrogen) atoms. The first-order valence-electron chi connectivity index (χ1n) is 10.0. The Morgan fingerprint density at radius 3 is 2.72 bits per heavy atom. The zero-order chi connectivity index (χ0) is 20.3. The molecule has 6 atom stereocenters. The molecule has 2 N–H and O–H groups in total. The molecule has 8 heteroatoms. The average Bonchev–Trinajstić information content (AvgIpc) is 3.07. The Balaban J connectivity index is 1.24. The number of likely N-dealkylation sites (tertiary alicyclic amines) is 2. The Labute approximate surface area is 169 Å². The highest BCUT2D eigenvalue weighted by Gasteiger charge is 2.55. The molecule has 2 bridgehead atoms. The topological polar surface area (TPSA) is 98.0 Å². The van der Waals surface area contributed by atoms with Crippen LogP contribution in [-0.2, 0) is 9.59 Å². The number of piperazine rings is 1. The lowest BCUT2D eigenvalue weighted by Gasteiger charge is -2.35. The smallest absolute Gasteiger partial charge is 0.244 e. The van der Waals surface area contributed by atoms with E-state index in [1.165, 1.54) is 0 Å². The van der Waals surface area contributed by atoms with Gasteiger partial charge in [0.1, 0.15) is 6.04 Å². The summed E-state index contributed by atoms with van der Waals surface area (Å²) >= 11 is 0. The van der Waals surface area contributed by atoms with Gasteiger partial charge in [0.15, 0.2) is 5.69 Å². The van der Waals surface area contributed by atoms with Crippen molar-refractivity contribution in [2.45, 2.75) is 49.5 Å². The maximum Gasteiger partial charge on any atom is 0.244 e. The molecule has 0 radical (unpaired) electrons. The van der Waals surface area contributed by atoms with Gasteiger partial charge in [0, 0.05) is 24.8 Å². The lowest BCUT2D eigenvalue weighted by molar-refractivity contribution is -0.135. The predicted molar refractivity (Wildman–Crippen MR) is 105 cm³/mol. The van der Waals surface area contributed by atoms with Gasteiger partial charge in [-0.3, -0.25) is 14.5 Å². The number of nitrogens with zero attached hydrogens (tertiary/aromatic N) is 5. The quantitative estimate of drug-likeness (QED) is 0.769. The zero-order valence-electron chi connectivity index (χ0n) is 15.9. The number of rotatable bonds is 4. The molecule has 0 spiro atoms. The van der Waals surface area contributed by atoms with Gasteiger partial charge in [-0.25, -0.2) is 4.85 Å². The third-order valence-electron chi connectivity index (χ3n) is 6.78. The van der Waals surface area contributed by atoms with Crippen molar-refractivity contribution in [2.24, 2.45) is 11.7 Å². The number of benzene rings is 1. The van der Waals surface area contributed by atoms with Gasteiger partial charge in [-0.2, -0.15) is 5.26 Å². The molecule has 3 saturated heterocycles. The van der Waals surface area contributed by atoms with Crippen LogP contribution in [0, 0.1) is 23.8 Å². The minimum absolute atomic E-state index is 0.0230. The highest BCUT2D eigenvalue weighted by Crippen LogP contribution is 2.47. The van der Waals surface area contributed by atoms with Crippen molar-refractivity contribution in [3.05, 3.63) is 35.7 Å². The highest BCUT2D eigenvalue weighted by molar-refractivity contribution is 6.01. The summed E-state index contributed by atoms with van der Waals surface area (Å²) in [6.07, 6.45) is 2.46. The Hall–Kier alpha value is -2.94. The Morgan fingerprint density at radius 1 is 1.31 bits per heavy atom. The minimum atomic E-state index is -0.719. The van der Waals surface area contributed by atoms with Crippen molar-refractivity contribution < 1.29 is 9.59 Å². The Kier molecular flexibility index (Phi) is 4.09. The molecule has 0 aromatic heterocycles. The third-order valence-corrected chi connectivity index (χ3v) is 6.78. The lowest BCUT2D eigenvalue weighted by atomic mass is 10.1. The van der Waals surface area contributed by atoms with E-state index in [2.05, 4.69) is 10.9 Å². The van der Waals surface area contributed by atoms with E-state index in [0.29, 0.717) is 24.7 Å². The number of hydrogen-bond acceptors (Lipinski definition) is 5. The fraction of sp³-hybridized carbons (Fsp3) is 0.524. The van der Waals surface area contributed by atoms with Crippen molar-refractivity contribution in [1.82, 2.24) is 9.80 Å². The van der Waals surface area contributed by atoms with E-state index < -0.39 is 6.04 Å². The number of amides is 2. The molecule has 4 fully saturated rings. The van der Waals surface area contributed by atoms with E-state index in [4.69, 9.17) is 12.3 Å². The SMILES string of the molecule is [C-]#[N+]c1ccc(N2C(=O)[C@@H]3CC2CN3C[C@H](N)C(=O)N2[C@H](C#N)C[C@@H]3C[C@@H]32)cc1. The van der Waals surface area contributed by atoms with E-state index >= 15 is 0 Å². The first-order chi connectivity index (χ1) is 14.0. The first kappa shape index (κ1) is 18.1. The van der Waals surface area contributed by atoms with Gasteiger partial charge < -0.3 is 15.5 Å². The fourth-order valence-corrected chi connectivity index (χ4v) is 5.30. The molecule has 148 valence electrons. The summed E-state index contributed by atoms with van der Waals surface area (Å²) in [7, 11) is 0. The summed E-state index contributed by atoms with van der Waals surface area (Å²) < 4.78 is 0. The van der Waals surface area contributed by atoms with Crippen molar-refractivity contribution >= 4 is 23.2 Å². The molecule has 2 amide bonds. The largest absolute Gasteiger partial charge is 0.322 e. The number of piperidine rings is 1. The molecule has 1 aromatic carbocycles. The predicted octanol–water partition coefficient (Wildman–Crippen LogP) is 0.867. The molecule has 1 saturated carbocycles. The summed E-state index contributed by atoms with van der Waals surface area (Å²) in [6.45, 7) is 8.06. The zero-order valence-corrected chi connectivity index (χ0v) is 15.9. The molecule has 1 aliphatic carbocycles. The molecule has 3 aliphatic heterocycles. The Bertz CT molecular complexity index is 947. The molecule has 4 aliphatic rings. The normalized spacial score (nSPS) is 33.3. The highest BCUT2D eigenvalue weighted by atomic mass is 16.2. The van der Waals surface area contributed by atoms with Crippen LogP contribution in [0.5, 0.6) is 0 Å². The van der Waals surface area contributed by atoms with Crippen molar-refractivity contribution in [3.63, 3.8) is 0 Å². The molecular weight excluding hydrogens is 368 g/mol. The fourth-order valence-electron chi connectivity index (χ4n) is 5.30. The van der Waals surface area contributed by atoms with Crippen LogP contribution in [-0.4, -0.2) is 64.9 Å². The molecule has 1 aromatic rings. The van der Waals surface area contributed by atoms with E-state index in [1.807, 2.05) is 21.9 Å². The van der Waals surface area contributed by atoms with E-state index in [0.717, 1.165) is 24.9 Å². The number of carbonyl (C=O) groups excluding carboxylic acids is 2. The number of nitrogens with two attached hydrogens (primary N) is 1. The van der Waals surface area contributed by atoms with Gasteiger partial charge in [-0.15, -0.1) is 0 Å². The van der Waals surface area contributed by atoms with E-state index in [9.17, 15) is 14.9 Å². The Morgan fingerprint density at radius 2 is 2.07 bits per heavy atom. The summed E-state index contributed by atoms with van der Waals surface area (Å²) in [4.78, 5) is 34.7. The first-order valence-corrected chi connectivity index (χ1v) is 10.0.